The van der Waals surface area contributed by atoms with E-state index < -0.39 is 0 Å². The van der Waals surface area contributed by atoms with E-state index in [4.69, 9.17) is 27.9 Å². The molecule has 1 heterocycles. The van der Waals surface area contributed by atoms with Gasteiger partial charge in [0.2, 0.25) is 0 Å². The Bertz CT molecular complexity index is 442. The molecule has 0 amide bonds. The molecule has 0 aliphatic heterocycles. The van der Waals surface area contributed by atoms with Crippen LogP contribution in [0.25, 0.3) is 0 Å². The lowest BCUT2D eigenvalue weighted by Crippen LogP contribution is -1.95. The molecule has 2 nitrogen and oxygen atoms in total. The van der Waals surface area contributed by atoms with E-state index >= 15 is 0 Å². The van der Waals surface area contributed by atoms with E-state index in [2.05, 4.69) is 4.98 Å². The molecule has 1 aromatic carbocycles. The summed E-state index contributed by atoms with van der Waals surface area (Å²) in [5, 5.41) is 1.12. The molecular weight excluding hydrogens is 245 g/mol. The predicted molar refractivity (Wildman–Crippen MR) is 65.0 cm³/mol. The van der Waals surface area contributed by atoms with E-state index in [0.717, 1.165) is 11.3 Å². The first kappa shape index (κ1) is 11.2. The molecule has 0 atom stereocenters. The third-order valence-electron chi connectivity index (χ3n) is 1.99. The number of aromatic nitrogens is 1. The van der Waals surface area contributed by atoms with Crippen LogP contribution < -0.4 is 4.74 Å². The third kappa shape index (κ3) is 3.12. The number of hydrogen-bond donors (Lipinski definition) is 0. The van der Waals surface area contributed by atoms with E-state index in [1.54, 1.807) is 24.4 Å². The Balaban J connectivity index is 2.02. The Morgan fingerprint density at radius 3 is 2.75 bits per heavy atom. The van der Waals surface area contributed by atoms with Gasteiger partial charge in [0.05, 0.1) is 0 Å². The summed E-state index contributed by atoms with van der Waals surface area (Å²) >= 11 is 11.6. The molecule has 0 unspecified atom stereocenters. The van der Waals surface area contributed by atoms with Gasteiger partial charge in [-0.2, -0.15) is 0 Å². The first-order valence-electron chi connectivity index (χ1n) is 4.73. The molecule has 0 aliphatic rings. The van der Waals surface area contributed by atoms with Crippen molar-refractivity contribution in [2.45, 2.75) is 6.61 Å². The monoisotopic (exact) mass is 253 g/mol. The molecule has 0 N–H and O–H groups in total. The summed E-state index contributed by atoms with van der Waals surface area (Å²) in [7, 11) is 0. The van der Waals surface area contributed by atoms with Crippen molar-refractivity contribution in [3.8, 4) is 5.75 Å². The molecule has 0 bridgehead atoms. The fraction of sp³-hybridized carbons (Fsp3) is 0.0833. The van der Waals surface area contributed by atoms with Gasteiger partial charge < -0.3 is 4.74 Å². The molecule has 0 spiro atoms. The highest BCUT2D eigenvalue weighted by Gasteiger charge is 1.98. The maximum Gasteiger partial charge on any atom is 0.129 e. The van der Waals surface area contributed by atoms with Gasteiger partial charge in [0, 0.05) is 11.2 Å². The zero-order valence-corrected chi connectivity index (χ0v) is 9.87. The van der Waals surface area contributed by atoms with Crippen LogP contribution in [0.15, 0.2) is 42.6 Å². The van der Waals surface area contributed by atoms with Crippen LogP contribution in [0.4, 0.5) is 0 Å². The number of pyridine rings is 1. The van der Waals surface area contributed by atoms with Crippen LogP contribution >= 0.6 is 23.2 Å². The van der Waals surface area contributed by atoms with Crippen LogP contribution in [0.5, 0.6) is 5.75 Å². The molecule has 82 valence electrons. The molecule has 0 saturated heterocycles. The van der Waals surface area contributed by atoms with E-state index in [1.165, 1.54) is 0 Å². The van der Waals surface area contributed by atoms with Crippen molar-refractivity contribution in [3.05, 3.63) is 58.3 Å². The molecule has 2 rings (SSSR count). The third-order valence-corrected chi connectivity index (χ3v) is 2.43. The zero-order chi connectivity index (χ0) is 11.4. The van der Waals surface area contributed by atoms with Gasteiger partial charge >= 0.3 is 0 Å². The van der Waals surface area contributed by atoms with Gasteiger partial charge in [-0.05, 0) is 35.9 Å². The highest BCUT2D eigenvalue weighted by atomic mass is 35.5. The van der Waals surface area contributed by atoms with Crippen LogP contribution in [-0.4, -0.2) is 4.98 Å². The number of nitrogens with zero attached hydrogens (tertiary/aromatic N) is 1. The summed E-state index contributed by atoms with van der Waals surface area (Å²) in [6.45, 7) is 0.447. The highest BCUT2D eigenvalue weighted by molar-refractivity contribution is 6.30. The van der Waals surface area contributed by atoms with Gasteiger partial charge in [0.1, 0.15) is 17.5 Å². The summed E-state index contributed by atoms with van der Waals surface area (Å²) in [5.74, 6) is 0.737. The molecule has 0 fully saturated rings. The first-order chi connectivity index (χ1) is 7.74. The minimum absolute atomic E-state index is 0.447. The van der Waals surface area contributed by atoms with Crippen molar-refractivity contribution in [3.63, 3.8) is 0 Å². The maximum absolute atomic E-state index is 5.84. The van der Waals surface area contributed by atoms with Crippen molar-refractivity contribution in [2.75, 3.05) is 0 Å². The van der Waals surface area contributed by atoms with Crippen LogP contribution in [0, 0.1) is 0 Å². The Morgan fingerprint density at radius 1 is 1.12 bits per heavy atom. The summed E-state index contributed by atoms with van der Waals surface area (Å²) < 4.78 is 5.56. The highest BCUT2D eigenvalue weighted by Crippen LogP contribution is 2.18. The quantitative estimate of drug-likeness (QED) is 0.773. The molecule has 0 radical (unpaired) electrons. The Kier molecular flexibility index (Phi) is 3.65. The van der Waals surface area contributed by atoms with Crippen molar-refractivity contribution in [1.82, 2.24) is 4.98 Å². The lowest BCUT2D eigenvalue weighted by atomic mass is 10.3. The average molecular weight is 254 g/mol. The molecule has 16 heavy (non-hydrogen) atoms. The Morgan fingerprint density at radius 2 is 2.00 bits per heavy atom. The minimum Gasteiger partial charge on any atom is -0.489 e. The van der Waals surface area contributed by atoms with Crippen molar-refractivity contribution in [1.29, 1.82) is 0 Å². The SMILES string of the molecule is Clc1cccc(OCc2ccnc(Cl)c2)c1. The normalized spacial score (nSPS) is 10.1. The van der Waals surface area contributed by atoms with E-state index in [0.29, 0.717) is 16.8 Å². The summed E-state index contributed by atoms with van der Waals surface area (Å²) in [5.41, 5.74) is 0.972. The van der Waals surface area contributed by atoms with E-state index in [-0.39, 0.29) is 0 Å². The molecule has 4 heteroatoms. The zero-order valence-electron chi connectivity index (χ0n) is 8.36. The molecular formula is C12H9Cl2NO. The smallest absolute Gasteiger partial charge is 0.129 e. The molecule has 2 aromatic rings. The lowest BCUT2D eigenvalue weighted by molar-refractivity contribution is 0.306. The van der Waals surface area contributed by atoms with Gasteiger partial charge in [0.15, 0.2) is 0 Å². The lowest BCUT2D eigenvalue weighted by Gasteiger charge is -2.06. The summed E-state index contributed by atoms with van der Waals surface area (Å²) in [6, 6.07) is 10.9. The van der Waals surface area contributed by atoms with Gasteiger partial charge in [-0.25, -0.2) is 4.98 Å². The van der Waals surface area contributed by atoms with Gasteiger partial charge in [0.25, 0.3) is 0 Å². The first-order valence-corrected chi connectivity index (χ1v) is 5.48. The number of benzene rings is 1. The molecule has 0 aliphatic carbocycles. The fourth-order valence-electron chi connectivity index (χ4n) is 1.26. The Labute approximate surface area is 104 Å². The molecule has 1 aromatic heterocycles. The number of ether oxygens (including phenoxy) is 1. The summed E-state index contributed by atoms with van der Waals surface area (Å²) in [4.78, 5) is 3.90. The van der Waals surface area contributed by atoms with Crippen LogP contribution in [0.2, 0.25) is 10.2 Å². The number of hydrogen-bond acceptors (Lipinski definition) is 2. The van der Waals surface area contributed by atoms with E-state index in [1.807, 2.05) is 18.2 Å². The van der Waals surface area contributed by atoms with Gasteiger partial charge in [-0.15, -0.1) is 0 Å². The number of rotatable bonds is 3. The standard InChI is InChI=1S/C12H9Cl2NO/c13-10-2-1-3-11(7-10)16-8-9-4-5-15-12(14)6-9/h1-7H,8H2. The second-order valence-corrected chi connectivity index (χ2v) is 4.06. The average Bonchev–Trinajstić information content (AvgIpc) is 2.27. The topological polar surface area (TPSA) is 22.1 Å². The van der Waals surface area contributed by atoms with Gasteiger partial charge in [-0.1, -0.05) is 29.3 Å². The minimum atomic E-state index is 0.447. The molecule has 0 saturated carbocycles. The summed E-state index contributed by atoms with van der Waals surface area (Å²) in [6.07, 6.45) is 1.65. The van der Waals surface area contributed by atoms with Crippen LogP contribution in [0.3, 0.4) is 0 Å². The largest absolute Gasteiger partial charge is 0.489 e. The van der Waals surface area contributed by atoms with Gasteiger partial charge in [-0.3, -0.25) is 0 Å². The number of halogens is 2. The second kappa shape index (κ2) is 5.19. The van der Waals surface area contributed by atoms with Crippen LogP contribution in [-0.2, 0) is 6.61 Å². The van der Waals surface area contributed by atoms with Crippen LogP contribution in [0.1, 0.15) is 5.56 Å². The van der Waals surface area contributed by atoms with Crippen molar-refractivity contribution >= 4 is 23.2 Å². The fourth-order valence-corrected chi connectivity index (χ4v) is 1.63. The second-order valence-electron chi connectivity index (χ2n) is 3.23. The van der Waals surface area contributed by atoms with Crippen molar-refractivity contribution < 1.29 is 4.74 Å². The Hall–Kier alpha value is -1.25. The maximum atomic E-state index is 5.84. The van der Waals surface area contributed by atoms with Crippen molar-refractivity contribution in [2.24, 2.45) is 0 Å². The predicted octanol–water partition coefficient (Wildman–Crippen LogP) is 3.97. The van der Waals surface area contributed by atoms with E-state index in [9.17, 15) is 0 Å².